The van der Waals surface area contributed by atoms with Gasteiger partial charge in [-0.3, -0.25) is 0 Å². The highest BCUT2D eigenvalue weighted by Gasteiger charge is 3.30. The third-order valence-corrected chi connectivity index (χ3v) is 20.8. The van der Waals surface area contributed by atoms with Crippen molar-refractivity contribution in [1.82, 2.24) is 0 Å². The maximum atomic E-state index is 2.86. The minimum absolute atomic E-state index is 0.327. The van der Waals surface area contributed by atoms with Crippen molar-refractivity contribution in [3.05, 3.63) is 0 Å². The second-order valence-electron chi connectivity index (χ2n) is 17.7. The van der Waals surface area contributed by atoms with Crippen LogP contribution in [0.5, 0.6) is 0 Å². The van der Waals surface area contributed by atoms with Crippen molar-refractivity contribution in [3.8, 4) is 0 Å². The maximum absolute atomic E-state index is 2.86. The predicted octanol–water partition coefficient (Wildman–Crippen LogP) is 8.85. The molecule has 0 heteroatoms. The molecule has 8 rings (SSSR count). The summed E-state index contributed by atoms with van der Waals surface area (Å²) in [5.41, 5.74) is 5.32. The molecule has 2 spiro atoms. The smallest absolute Gasteiger partial charge is 0.00295 e. The van der Waals surface area contributed by atoms with Gasteiger partial charge >= 0.3 is 0 Å². The van der Waals surface area contributed by atoms with Gasteiger partial charge in [-0.25, -0.2) is 0 Å². The van der Waals surface area contributed by atoms with E-state index >= 15 is 0 Å². The number of hydrogen-bond donors (Lipinski definition) is 0. The van der Waals surface area contributed by atoms with Gasteiger partial charge in [0.05, 0.1) is 0 Å². The van der Waals surface area contributed by atoms with Gasteiger partial charge in [0.1, 0.15) is 0 Å². The fourth-order valence-corrected chi connectivity index (χ4v) is 20.1. The van der Waals surface area contributed by atoms with Crippen LogP contribution in [-0.4, -0.2) is 0 Å². The number of hydrogen-bond acceptors (Lipinski definition) is 0. The Morgan fingerprint density at radius 2 is 0.625 bits per heavy atom. The average molecular weight is 437 g/mol. The van der Waals surface area contributed by atoms with Crippen LogP contribution in [-0.2, 0) is 0 Å². The van der Waals surface area contributed by atoms with Crippen LogP contribution >= 0.6 is 0 Å². The number of rotatable bonds is 1. The summed E-state index contributed by atoms with van der Waals surface area (Å²) in [5.74, 6) is 0.713. The molecule has 0 aromatic carbocycles. The van der Waals surface area contributed by atoms with E-state index in [0.29, 0.717) is 81.7 Å². The van der Waals surface area contributed by atoms with E-state index in [-0.39, 0.29) is 0 Å². The molecule has 11 atom stereocenters. The second-order valence-corrected chi connectivity index (χ2v) is 17.7. The fraction of sp³-hybridized carbons (Fsp3) is 1.00. The maximum Gasteiger partial charge on any atom is -0.00295 e. The summed E-state index contributed by atoms with van der Waals surface area (Å²) >= 11 is 0. The topological polar surface area (TPSA) is 0 Å². The van der Waals surface area contributed by atoms with Crippen LogP contribution in [0.2, 0.25) is 0 Å². The largest absolute Gasteiger partial charge is 0.0622 e. The molecule has 0 amide bonds. The molecule has 4 bridgehead atoms. The van der Waals surface area contributed by atoms with Crippen molar-refractivity contribution in [2.45, 2.75) is 118 Å². The Labute approximate surface area is 199 Å². The lowest BCUT2D eigenvalue weighted by Crippen LogP contribution is -3.16. The highest BCUT2D eigenvalue weighted by Crippen LogP contribution is 3.33. The molecule has 0 aliphatic heterocycles. The normalized spacial score (nSPS) is 77.4. The molecule has 32 heavy (non-hydrogen) atoms. The molecule has 0 radical (unpaired) electrons. The quantitative estimate of drug-likeness (QED) is 0.385. The Bertz CT molecular complexity index is 1110. The molecule has 0 aromatic heterocycles. The minimum atomic E-state index is 0.327. The average Bonchev–Trinajstić information content (AvgIpc) is 2.91. The Hall–Kier alpha value is 0. The Morgan fingerprint density at radius 3 is 1.00 bits per heavy atom. The van der Waals surface area contributed by atoms with Crippen molar-refractivity contribution in [1.29, 1.82) is 0 Å². The monoisotopic (exact) mass is 436 g/mol. The van der Waals surface area contributed by atoms with Crippen LogP contribution in [0, 0.1) is 81.7 Å². The summed E-state index contributed by atoms with van der Waals surface area (Å²) in [4.78, 5) is 0. The summed E-state index contributed by atoms with van der Waals surface area (Å²) in [6, 6.07) is 0. The lowest BCUT2D eigenvalue weighted by atomic mass is 8.85. The van der Waals surface area contributed by atoms with Gasteiger partial charge in [0.25, 0.3) is 0 Å². The second kappa shape index (κ2) is 3.69. The first-order chi connectivity index (χ1) is 13.9. The van der Waals surface area contributed by atoms with Crippen molar-refractivity contribution in [3.63, 3.8) is 0 Å². The molecule has 8 aliphatic carbocycles. The van der Waals surface area contributed by atoms with Crippen molar-refractivity contribution < 1.29 is 0 Å². The zero-order valence-electron chi connectivity index (χ0n) is 24.6. The van der Waals surface area contributed by atoms with E-state index in [1.54, 1.807) is 0 Å². The first kappa shape index (κ1) is 21.3. The fourth-order valence-electron chi connectivity index (χ4n) is 20.1. The van der Waals surface area contributed by atoms with Crippen LogP contribution in [0.4, 0.5) is 0 Å². The third kappa shape index (κ3) is 0.729. The first-order valence-corrected chi connectivity index (χ1v) is 13.9. The van der Waals surface area contributed by atoms with Gasteiger partial charge in [-0.2, -0.15) is 0 Å². The van der Waals surface area contributed by atoms with E-state index in [1.165, 1.54) is 0 Å². The van der Waals surface area contributed by atoms with E-state index < -0.39 is 0 Å². The van der Waals surface area contributed by atoms with Crippen molar-refractivity contribution in [2.75, 3.05) is 0 Å². The zero-order chi connectivity index (χ0) is 24.6. The van der Waals surface area contributed by atoms with Crippen LogP contribution in [0.3, 0.4) is 0 Å². The molecule has 0 saturated heterocycles. The molecule has 8 fully saturated rings. The highest BCUT2D eigenvalue weighted by molar-refractivity contribution is 5.76. The minimum Gasteiger partial charge on any atom is -0.0622 e. The van der Waals surface area contributed by atoms with E-state index in [1.807, 2.05) is 0 Å². The summed E-state index contributed by atoms with van der Waals surface area (Å²) in [6.07, 6.45) is 0. The molecule has 0 aromatic rings. The van der Waals surface area contributed by atoms with Crippen molar-refractivity contribution in [2.24, 2.45) is 81.7 Å². The molecule has 0 nitrogen and oxygen atoms in total. The lowest BCUT2D eigenvalue weighted by molar-refractivity contribution is -0.727. The predicted molar refractivity (Wildman–Crippen MR) is 134 cm³/mol. The summed E-state index contributed by atoms with van der Waals surface area (Å²) in [5, 5.41) is 0. The van der Waals surface area contributed by atoms with Crippen LogP contribution in [0.15, 0.2) is 0 Å². The van der Waals surface area contributed by atoms with E-state index in [9.17, 15) is 0 Å². The Morgan fingerprint density at radius 1 is 0.312 bits per heavy atom. The van der Waals surface area contributed by atoms with Gasteiger partial charge in [0.15, 0.2) is 0 Å². The summed E-state index contributed by atoms with van der Waals surface area (Å²) in [7, 11) is 0. The standard InChI is InChI=1S/C32H52/c1-18(2)22(9)24(11)21(7,8)27(14)29(16)25(12)19(3,4)23(10)20(5,6)26(25,13)30(17)28(22,15)32(24,27)31(23,29)30/h18H,1-17H3. The molecular weight excluding hydrogens is 384 g/mol. The van der Waals surface area contributed by atoms with Gasteiger partial charge in [-0.15, -0.1) is 0 Å². The Kier molecular flexibility index (Phi) is 2.45. The molecule has 180 valence electrons. The Balaban J connectivity index is 1.76. The van der Waals surface area contributed by atoms with E-state index in [0.717, 1.165) is 0 Å². The van der Waals surface area contributed by atoms with Gasteiger partial charge in [0, 0.05) is 0 Å². The lowest BCUT2D eigenvalue weighted by Gasteiger charge is -3.18. The van der Waals surface area contributed by atoms with E-state index in [2.05, 4.69) is 118 Å². The van der Waals surface area contributed by atoms with Crippen LogP contribution < -0.4 is 0 Å². The van der Waals surface area contributed by atoms with Gasteiger partial charge in [0.2, 0.25) is 0 Å². The molecule has 0 heterocycles. The zero-order valence-corrected chi connectivity index (χ0v) is 24.6. The van der Waals surface area contributed by atoms with Crippen molar-refractivity contribution >= 4 is 0 Å². The molecule has 11 unspecified atom stereocenters. The van der Waals surface area contributed by atoms with Crippen LogP contribution in [0.1, 0.15) is 118 Å². The molecule has 8 saturated carbocycles. The highest BCUT2D eigenvalue weighted by atomic mass is 15.3. The molecular formula is C32H52. The molecule has 0 N–H and O–H groups in total. The van der Waals surface area contributed by atoms with Gasteiger partial charge in [-0.05, 0) is 81.7 Å². The summed E-state index contributed by atoms with van der Waals surface area (Å²) in [6.45, 7) is 46.8. The molecule has 8 aliphatic rings. The SMILES string of the molecule is CC(C)C1(C)C2(C)C(C)(C)C3(C)C4(C)C5(C)C(C)(C)C6(C)C(C)(C)C5(C)C5(C)C1(C)C23C645. The first-order valence-electron chi connectivity index (χ1n) is 13.9. The van der Waals surface area contributed by atoms with Gasteiger partial charge in [-0.1, -0.05) is 118 Å². The third-order valence-electron chi connectivity index (χ3n) is 20.8. The van der Waals surface area contributed by atoms with Gasteiger partial charge < -0.3 is 0 Å². The van der Waals surface area contributed by atoms with E-state index in [4.69, 9.17) is 0 Å². The summed E-state index contributed by atoms with van der Waals surface area (Å²) < 4.78 is 0. The van der Waals surface area contributed by atoms with Crippen LogP contribution in [0.25, 0.3) is 0 Å².